The van der Waals surface area contributed by atoms with Gasteiger partial charge >= 0.3 is 0 Å². The fraction of sp³-hybridized carbons (Fsp3) is 0.533. The first-order chi connectivity index (χ1) is 8.75. The Morgan fingerprint density at radius 3 is 2.72 bits per heavy atom. The summed E-state index contributed by atoms with van der Waals surface area (Å²) in [6.45, 7) is 0. The maximum Gasteiger partial charge on any atom is 0.223 e. The lowest BCUT2D eigenvalue weighted by Crippen LogP contribution is -2.40. The standard InChI is InChI=1S/C15H20N2O/c16-13-9-11-7-3-4-8-12(11)14(13)17-15(18)10-5-1-2-6-10/h3-4,7-8,10,13-14H,1-2,5-6,9,16H2,(H,17,18). The molecule has 2 atom stereocenters. The molecule has 18 heavy (non-hydrogen) atoms. The van der Waals surface area contributed by atoms with Crippen molar-refractivity contribution in [2.45, 2.75) is 44.2 Å². The summed E-state index contributed by atoms with van der Waals surface area (Å²) in [5.41, 5.74) is 8.65. The average molecular weight is 244 g/mol. The van der Waals surface area contributed by atoms with E-state index in [9.17, 15) is 4.79 Å². The van der Waals surface area contributed by atoms with Crippen molar-refractivity contribution in [2.75, 3.05) is 0 Å². The zero-order valence-corrected chi connectivity index (χ0v) is 10.6. The Balaban J connectivity index is 1.74. The van der Waals surface area contributed by atoms with Crippen LogP contribution in [0.3, 0.4) is 0 Å². The largest absolute Gasteiger partial charge is 0.347 e. The number of nitrogens with one attached hydrogen (secondary N) is 1. The highest BCUT2D eigenvalue weighted by molar-refractivity contribution is 5.79. The Morgan fingerprint density at radius 1 is 1.22 bits per heavy atom. The van der Waals surface area contributed by atoms with E-state index in [2.05, 4.69) is 17.4 Å². The maximum absolute atomic E-state index is 12.2. The summed E-state index contributed by atoms with van der Waals surface area (Å²) in [6.07, 6.45) is 5.31. The predicted octanol–water partition coefficient (Wildman–Crippen LogP) is 1.92. The number of benzene rings is 1. The van der Waals surface area contributed by atoms with Gasteiger partial charge in [0.15, 0.2) is 0 Å². The summed E-state index contributed by atoms with van der Waals surface area (Å²) in [6, 6.07) is 8.28. The Kier molecular flexibility index (Phi) is 3.08. The van der Waals surface area contributed by atoms with Crippen LogP contribution >= 0.6 is 0 Å². The number of rotatable bonds is 2. The van der Waals surface area contributed by atoms with Crippen molar-refractivity contribution in [1.82, 2.24) is 5.32 Å². The van der Waals surface area contributed by atoms with E-state index >= 15 is 0 Å². The molecule has 2 aliphatic rings. The van der Waals surface area contributed by atoms with Gasteiger partial charge in [0.05, 0.1) is 6.04 Å². The minimum Gasteiger partial charge on any atom is -0.347 e. The molecule has 0 bridgehead atoms. The molecule has 0 aliphatic heterocycles. The summed E-state index contributed by atoms with van der Waals surface area (Å²) in [5, 5.41) is 3.16. The van der Waals surface area contributed by atoms with Crippen LogP contribution in [0, 0.1) is 5.92 Å². The number of carbonyl (C=O) groups is 1. The second-order valence-corrected chi connectivity index (χ2v) is 5.53. The molecule has 0 aromatic heterocycles. The fourth-order valence-electron chi connectivity index (χ4n) is 3.27. The molecule has 1 saturated carbocycles. The van der Waals surface area contributed by atoms with Crippen LogP contribution in [0.4, 0.5) is 0 Å². The summed E-state index contributed by atoms with van der Waals surface area (Å²) in [4.78, 5) is 12.2. The van der Waals surface area contributed by atoms with Crippen molar-refractivity contribution in [3.8, 4) is 0 Å². The molecule has 3 heteroatoms. The minimum absolute atomic E-state index is 0.00861. The molecule has 2 aliphatic carbocycles. The normalized spacial score (nSPS) is 27.2. The van der Waals surface area contributed by atoms with Crippen LogP contribution in [0.5, 0.6) is 0 Å². The minimum atomic E-state index is 0.00861. The molecule has 1 aromatic rings. The monoisotopic (exact) mass is 244 g/mol. The summed E-state index contributed by atoms with van der Waals surface area (Å²) in [5.74, 6) is 0.412. The molecular formula is C15H20N2O. The van der Waals surface area contributed by atoms with Gasteiger partial charge < -0.3 is 11.1 Å². The van der Waals surface area contributed by atoms with E-state index in [0.29, 0.717) is 0 Å². The van der Waals surface area contributed by atoms with E-state index in [-0.39, 0.29) is 23.9 Å². The molecule has 1 amide bonds. The Morgan fingerprint density at radius 2 is 1.94 bits per heavy atom. The Hall–Kier alpha value is -1.35. The number of nitrogens with two attached hydrogens (primary N) is 1. The van der Waals surface area contributed by atoms with Crippen molar-refractivity contribution < 1.29 is 4.79 Å². The van der Waals surface area contributed by atoms with Gasteiger partial charge in [-0.25, -0.2) is 0 Å². The zero-order valence-electron chi connectivity index (χ0n) is 10.6. The zero-order chi connectivity index (χ0) is 12.5. The van der Waals surface area contributed by atoms with Crippen molar-refractivity contribution >= 4 is 5.91 Å². The molecule has 0 heterocycles. The van der Waals surface area contributed by atoms with Gasteiger partial charge in [0.2, 0.25) is 5.91 Å². The SMILES string of the molecule is NC1Cc2ccccc2C1NC(=O)C1CCCC1. The van der Waals surface area contributed by atoms with Gasteiger partial charge in [-0.3, -0.25) is 4.79 Å². The lowest BCUT2D eigenvalue weighted by atomic mass is 10.0. The molecule has 0 spiro atoms. The summed E-state index contributed by atoms with van der Waals surface area (Å²) in [7, 11) is 0. The molecule has 0 saturated heterocycles. The summed E-state index contributed by atoms with van der Waals surface area (Å²) >= 11 is 0. The maximum atomic E-state index is 12.2. The first kappa shape index (κ1) is 11.7. The lowest BCUT2D eigenvalue weighted by molar-refractivity contribution is -0.125. The number of amides is 1. The van der Waals surface area contributed by atoms with Crippen LogP contribution in [0.15, 0.2) is 24.3 Å². The van der Waals surface area contributed by atoms with E-state index in [0.717, 1.165) is 19.3 Å². The number of fused-ring (bicyclic) bond motifs is 1. The molecule has 1 aromatic carbocycles. The third kappa shape index (κ3) is 2.03. The van der Waals surface area contributed by atoms with Crippen LogP contribution in [0.1, 0.15) is 42.9 Å². The first-order valence-electron chi connectivity index (χ1n) is 6.89. The van der Waals surface area contributed by atoms with Crippen LogP contribution in [0.2, 0.25) is 0 Å². The molecule has 3 N–H and O–H groups in total. The van der Waals surface area contributed by atoms with Crippen LogP contribution in [-0.2, 0) is 11.2 Å². The number of carbonyl (C=O) groups excluding carboxylic acids is 1. The van der Waals surface area contributed by atoms with E-state index in [1.165, 1.54) is 24.0 Å². The van der Waals surface area contributed by atoms with E-state index in [1.54, 1.807) is 0 Å². The van der Waals surface area contributed by atoms with Crippen LogP contribution in [-0.4, -0.2) is 11.9 Å². The van der Waals surface area contributed by atoms with Gasteiger partial charge in [0.25, 0.3) is 0 Å². The molecule has 2 unspecified atom stereocenters. The quantitative estimate of drug-likeness (QED) is 0.835. The number of hydrogen-bond acceptors (Lipinski definition) is 2. The molecule has 0 radical (unpaired) electrons. The molecule has 3 nitrogen and oxygen atoms in total. The first-order valence-corrected chi connectivity index (χ1v) is 6.89. The highest BCUT2D eigenvalue weighted by atomic mass is 16.2. The van der Waals surface area contributed by atoms with Crippen molar-refractivity contribution in [3.05, 3.63) is 35.4 Å². The van der Waals surface area contributed by atoms with Crippen LogP contribution < -0.4 is 11.1 Å². The highest BCUT2D eigenvalue weighted by Gasteiger charge is 2.33. The van der Waals surface area contributed by atoms with E-state index < -0.39 is 0 Å². The Labute approximate surface area is 108 Å². The molecular weight excluding hydrogens is 224 g/mol. The molecule has 96 valence electrons. The average Bonchev–Trinajstić information content (AvgIpc) is 2.98. The van der Waals surface area contributed by atoms with Gasteiger partial charge in [-0.15, -0.1) is 0 Å². The van der Waals surface area contributed by atoms with Crippen LogP contribution in [0.25, 0.3) is 0 Å². The second-order valence-electron chi connectivity index (χ2n) is 5.53. The molecule has 1 fully saturated rings. The smallest absolute Gasteiger partial charge is 0.223 e. The van der Waals surface area contributed by atoms with Gasteiger partial charge in [0.1, 0.15) is 0 Å². The van der Waals surface area contributed by atoms with Gasteiger partial charge in [0, 0.05) is 12.0 Å². The lowest BCUT2D eigenvalue weighted by Gasteiger charge is -2.21. The van der Waals surface area contributed by atoms with E-state index in [4.69, 9.17) is 5.73 Å². The number of hydrogen-bond donors (Lipinski definition) is 2. The van der Waals surface area contributed by atoms with E-state index in [1.807, 2.05) is 12.1 Å². The summed E-state index contributed by atoms with van der Waals surface area (Å²) < 4.78 is 0. The molecule has 3 rings (SSSR count). The van der Waals surface area contributed by atoms with Gasteiger partial charge in [-0.05, 0) is 30.4 Å². The van der Waals surface area contributed by atoms with Crippen molar-refractivity contribution in [2.24, 2.45) is 11.7 Å². The van der Waals surface area contributed by atoms with Crippen molar-refractivity contribution in [1.29, 1.82) is 0 Å². The Bertz CT molecular complexity index is 452. The van der Waals surface area contributed by atoms with Gasteiger partial charge in [-0.1, -0.05) is 37.1 Å². The fourth-order valence-corrected chi connectivity index (χ4v) is 3.27. The second kappa shape index (κ2) is 4.73. The topological polar surface area (TPSA) is 55.1 Å². The third-order valence-electron chi connectivity index (χ3n) is 4.30. The highest BCUT2D eigenvalue weighted by Crippen LogP contribution is 2.31. The van der Waals surface area contributed by atoms with Gasteiger partial charge in [-0.2, -0.15) is 0 Å². The van der Waals surface area contributed by atoms with Crippen molar-refractivity contribution in [3.63, 3.8) is 0 Å². The third-order valence-corrected chi connectivity index (χ3v) is 4.30. The predicted molar refractivity (Wildman–Crippen MR) is 71.0 cm³/mol.